The van der Waals surface area contributed by atoms with E-state index in [0.29, 0.717) is 11.1 Å². The van der Waals surface area contributed by atoms with Crippen LogP contribution in [-0.2, 0) is 4.79 Å². The minimum atomic E-state index is -0.103. The lowest BCUT2D eigenvalue weighted by molar-refractivity contribution is -0.121. The van der Waals surface area contributed by atoms with Gasteiger partial charge in [0.2, 0.25) is 5.91 Å². The molecule has 1 unspecified atom stereocenters. The van der Waals surface area contributed by atoms with Crippen molar-refractivity contribution in [2.75, 3.05) is 11.4 Å². The summed E-state index contributed by atoms with van der Waals surface area (Å²) in [6, 6.07) is 5.82. The molecule has 0 saturated carbocycles. The number of carbonyl (C=O) groups excluding carboxylic acids is 1. The molecule has 1 fully saturated rings. The van der Waals surface area contributed by atoms with E-state index in [4.69, 9.17) is 11.6 Å². The molecule has 1 aromatic rings. The van der Waals surface area contributed by atoms with Crippen LogP contribution in [0, 0.1) is 0 Å². The Hall–Kier alpha value is -0.580. The second-order valence-electron chi connectivity index (χ2n) is 5.10. The molecule has 1 heterocycles. The van der Waals surface area contributed by atoms with Crippen molar-refractivity contribution in [1.29, 1.82) is 0 Å². The van der Waals surface area contributed by atoms with Crippen LogP contribution < -0.4 is 10.2 Å². The van der Waals surface area contributed by atoms with Crippen LogP contribution in [0.3, 0.4) is 0 Å². The maximum Gasteiger partial charge on any atom is 0.244 e. The van der Waals surface area contributed by atoms with Crippen molar-refractivity contribution in [1.82, 2.24) is 5.32 Å². The molecule has 1 aromatic carbocycles. The predicted molar refractivity (Wildman–Crippen MR) is 82.8 cm³/mol. The number of nitrogens with one attached hydrogen (secondary N) is 1. The van der Waals surface area contributed by atoms with Crippen molar-refractivity contribution >= 4 is 39.1 Å². The molecule has 5 heteroatoms. The van der Waals surface area contributed by atoms with E-state index < -0.39 is 0 Å². The largest absolute Gasteiger partial charge is 0.310 e. The number of anilines is 1. The molecule has 0 aliphatic carbocycles. The van der Waals surface area contributed by atoms with Gasteiger partial charge in [-0.2, -0.15) is 0 Å². The van der Waals surface area contributed by atoms with Gasteiger partial charge in [0.25, 0.3) is 0 Å². The fraction of sp³-hybridized carbons (Fsp3) is 0.500. The van der Waals surface area contributed by atoms with Crippen LogP contribution >= 0.6 is 27.5 Å². The number of rotatable bonds is 3. The highest BCUT2D eigenvalue weighted by Crippen LogP contribution is 2.31. The standard InChI is InChI=1S/C14H18BrClN2O/c1-9(2)17-12-4-3-7-18(14(12)19)13-6-5-10(15)8-11(13)16/h5-6,8-9,12,17H,3-4,7H2,1-2H3. The van der Waals surface area contributed by atoms with E-state index in [1.165, 1.54) is 0 Å². The number of carbonyl (C=O) groups is 1. The maximum atomic E-state index is 12.5. The average molecular weight is 346 g/mol. The highest BCUT2D eigenvalue weighted by Gasteiger charge is 2.30. The van der Waals surface area contributed by atoms with Crippen molar-refractivity contribution < 1.29 is 4.79 Å². The highest BCUT2D eigenvalue weighted by molar-refractivity contribution is 9.10. The van der Waals surface area contributed by atoms with Crippen LogP contribution in [0.4, 0.5) is 5.69 Å². The zero-order valence-electron chi connectivity index (χ0n) is 11.1. The van der Waals surface area contributed by atoms with E-state index in [1.54, 1.807) is 4.90 Å². The molecule has 2 rings (SSSR count). The van der Waals surface area contributed by atoms with Crippen LogP contribution in [0.15, 0.2) is 22.7 Å². The lowest BCUT2D eigenvalue weighted by Gasteiger charge is -2.34. The van der Waals surface area contributed by atoms with Gasteiger partial charge in [0, 0.05) is 17.1 Å². The summed E-state index contributed by atoms with van der Waals surface area (Å²) in [7, 11) is 0. The number of hydrogen-bond acceptors (Lipinski definition) is 2. The number of nitrogens with zero attached hydrogens (tertiary/aromatic N) is 1. The van der Waals surface area contributed by atoms with E-state index in [2.05, 4.69) is 35.1 Å². The van der Waals surface area contributed by atoms with E-state index in [1.807, 2.05) is 18.2 Å². The fourth-order valence-corrected chi connectivity index (χ4v) is 3.15. The van der Waals surface area contributed by atoms with Crippen LogP contribution in [0.25, 0.3) is 0 Å². The SMILES string of the molecule is CC(C)NC1CCCN(c2ccc(Br)cc2Cl)C1=O. The number of halogens is 2. The Balaban J connectivity index is 2.21. The molecule has 3 nitrogen and oxygen atoms in total. The smallest absolute Gasteiger partial charge is 0.244 e. The Bertz CT molecular complexity index is 479. The summed E-state index contributed by atoms with van der Waals surface area (Å²) in [4.78, 5) is 14.3. The van der Waals surface area contributed by atoms with Gasteiger partial charge in [-0.05, 0) is 31.0 Å². The van der Waals surface area contributed by atoms with Crippen molar-refractivity contribution in [3.63, 3.8) is 0 Å². The minimum Gasteiger partial charge on any atom is -0.310 e. The monoisotopic (exact) mass is 344 g/mol. The van der Waals surface area contributed by atoms with Gasteiger partial charge in [0.05, 0.1) is 16.8 Å². The Morgan fingerprint density at radius 2 is 2.21 bits per heavy atom. The lowest BCUT2D eigenvalue weighted by Crippen LogP contribution is -2.52. The summed E-state index contributed by atoms with van der Waals surface area (Å²) < 4.78 is 0.919. The molecule has 1 atom stereocenters. The third-order valence-corrected chi connectivity index (χ3v) is 3.97. The first-order chi connectivity index (χ1) is 8.99. The molecule has 0 bridgehead atoms. The first kappa shape index (κ1) is 14.8. The third kappa shape index (κ3) is 3.50. The molecule has 1 amide bonds. The second kappa shape index (κ2) is 6.25. The second-order valence-corrected chi connectivity index (χ2v) is 6.42. The Morgan fingerprint density at radius 1 is 1.47 bits per heavy atom. The summed E-state index contributed by atoms with van der Waals surface area (Å²) in [6.07, 6.45) is 1.88. The molecule has 0 aromatic heterocycles. The first-order valence-corrected chi connectivity index (χ1v) is 7.68. The molecule has 0 radical (unpaired) electrons. The normalized spacial score (nSPS) is 20.2. The number of piperidine rings is 1. The highest BCUT2D eigenvalue weighted by atomic mass is 79.9. The quantitative estimate of drug-likeness (QED) is 0.908. The van der Waals surface area contributed by atoms with Gasteiger partial charge in [-0.15, -0.1) is 0 Å². The molecule has 1 aliphatic rings. The molecule has 1 aliphatic heterocycles. The Kier molecular flexibility index (Phi) is 4.87. The van der Waals surface area contributed by atoms with Crippen LogP contribution in [0.5, 0.6) is 0 Å². The predicted octanol–water partition coefficient (Wildman–Crippen LogP) is 3.60. The topological polar surface area (TPSA) is 32.3 Å². The molecule has 104 valence electrons. The van der Waals surface area contributed by atoms with Crippen LogP contribution in [0.1, 0.15) is 26.7 Å². The number of benzene rings is 1. The van der Waals surface area contributed by atoms with Gasteiger partial charge >= 0.3 is 0 Å². The minimum absolute atomic E-state index is 0.103. The lowest BCUT2D eigenvalue weighted by atomic mass is 10.0. The molecule has 1 N–H and O–H groups in total. The van der Waals surface area contributed by atoms with Crippen molar-refractivity contribution in [3.05, 3.63) is 27.7 Å². The van der Waals surface area contributed by atoms with Gasteiger partial charge in [-0.25, -0.2) is 0 Å². The Morgan fingerprint density at radius 3 is 2.84 bits per heavy atom. The third-order valence-electron chi connectivity index (χ3n) is 3.17. The molecule has 1 saturated heterocycles. The molecular formula is C14H18BrClN2O. The zero-order chi connectivity index (χ0) is 14.0. The van der Waals surface area contributed by atoms with Crippen molar-refractivity contribution in [2.45, 2.75) is 38.8 Å². The van der Waals surface area contributed by atoms with E-state index in [9.17, 15) is 4.79 Å². The molecule has 19 heavy (non-hydrogen) atoms. The van der Waals surface area contributed by atoms with Crippen molar-refractivity contribution in [3.8, 4) is 0 Å². The van der Waals surface area contributed by atoms with Gasteiger partial charge in [0.1, 0.15) is 0 Å². The van der Waals surface area contributed by atoms with Gasteiger partial charge in [-0.1, -0.05) is 41.4 Å². The summed E-state index contributed by atoms with van der Waals surface area (Å²) in [5.41, 5.74) is 0.796. The summed E-state index contributed by atoms with van der Waals surface area (Å²) in [6.45, 7) is 4.84. The van der Waals surface area contributed by atoms with Gasteiger partial charge in [0.15, 0.2) is 0 Å². The fourth-order valence-electron chi connectivity index (χ4n) is 2.37. The summed E-state index contributed by atoms with van der Waals surface area (Å²) in [5.74, 6) is 0.115. The summed E-state index contributed by atoms with van der Waals surface area (Å²) >= 11 is 9.62. The first-order valence-electron chi connectivity index (χ1n) is 6.51. The zero-order valence-corrected chi connectivity index (χ0v) is 13.5. The van der Waals surface area contributed by atoms with Crippen molar-refractivity contribution in [2.24, 2.45) is 0 Å². The Labute approximate surface area is 127 Å². The molecular weight excluding hydrogens is 328 g/mol. The van der Waals surface area contributed by atoms with Gasteiger partial charge < -0.3 is 10.2 Å². The van der Waals surface area contributed by atoms with Crippen LogP contribution in [-0.4, -0.2) is 24.5 Å². The number of hydrogen-bond donors (Lipinski definition) is 1. The van der Waals surface area contributed by atoms with E-state index in [-0.39, 0.29) is 11.9 Å². The number of amides is 1. The van der Waals surface area contributed by atoms with E-state index in [0.717, 1.165) is 29.5 Å². The average Bonchev–Trinajstić information content (AvgIpc) is 2.32. The molecule has 0 spiro atoms. The van der Waals surface area contributed by atoms with Gasteiger partial charge in [-0.3, -0.25) is 4.79 Å². The maximum absolute atomic E-state index is 12.5. The van der Waals surface area contributed by atoms with E-state index >= 15 is 0 Å². The van der Waals surface area contributed by atoms with Crippen LogP contribution in [0.2, 0.25) is 5.02 Å². The summed E-state index contributed by atoms with van der Waals surface area (Å²) in [5, 5.41) is 3.92.